The van der Waals surface area contributed by atoms with Gasteiger partial charge in [0.25, 0.3) is 17.9 Å². The van der Waals surface area contributed by atoms with Crippen molar-refractivity contribution in [1.82, 2.24) is 25.4 Å². The fourth-order valence-electron chi connectivity index (χ4n) is 5.25. The second-order valence-electron chi connectivity index (χ2n) is 11.2. The summed E-state index contributed by atoms with van der Waals surface area (Å²) >= 11 is 0.963. The summed E-state index contributed by atoms with van der Waals surface area (Å²) in [7, 11) is -3.29. The highest BCUT2D eigenvalue weighted by molar-refractivity contribution is 7.80. The highest BCUT2D eigenvalue weighted by Crippen LogP contribution is 2.33. The number of carbonyl (C=O) groups is 3. The van der Waals surface area contributed by atoms with Gasteiger partial charge < -0.3 is 35.6 Å². The van der Waals surface area contributed by atoms with Gasteiger partial charge in [0.05, 0.1) is 18.0 Å². The molecule has 248 valence electrons. The van der Waals surface area contributed by atoms with Crippen LogP contribution in [0.2, 0.25) is 0 Å². The van der Waals surface area contributed by atoms with E-state index in [-0.39, 0.29) is 10.8 Å². The number of thiazole rings is 1. The number of anilines is 1. The first kappa shape index (κ1) is 33.0. The van der Waals surface area contributed by atoms with Gasteiger partial charge in [-0.1, -0.05) is 5.16 Å². The topological polar surface area (TPSA) is 244 Å². The maximum Gasteiger partial charge on any atom is 0.351 e. The number of nitrogens with zero attached hydrogens (tertiary/aromatic N) is 5. The number of β-lactam (4-membered cyclic amide) rings is 1. The number of nitrogens with two attached hydrogens (primary N) is 1. The van der Waals surface area contributed by atoms with E-state index in [0.717, 1.165) is 48.2 Å². The van der Waals surface area contributed by atoms with E-state index in [4.69, 9.17) is 15.3 Å². The molecule has 0 unspecified atom stereocenters. The molecule has 18 nitrogen and oxygen atoms in total. The standard InChI is InChI=1S/C26H32N8O10S2/c1-26(2)21(23(36)34(26)44-46(39,40)41)30-22(35)20(17-13-45-25(27)29-17)31-43-19(24(37)38)12-42-16-4-5-18-14(10-16)11-33(32(18)3)15-6-8-28-9-7-15/h4-5,10-11,13,15,19,21,28H,6-9,12H2,1-3H3,(H4-,27,29,30,35,37,38,39,40,41)/b31-20-/t19-,21+/m0/s1. The second kappa shape index (κ2) is 12.8. The van der Waals surface area contributed by atoms with Gasteiger partial charge in [-0.3, -0.25) is 9.59 Å². The lowest BCUT2D eigenvalue weighted by molar-refractivity contribution is -0.795. The molecule has 20 heteroatoms. The molecule has 0 bridgehead atoms. The lowest BCUT2D eigenvalue weighted by atomic mass is 9.84. The summed E-state index contributed by atoms with van der Waals surface area (Å²) in [6.07, 6.45) is 2.35. The molecule has 4 heterocycles. The fraction of sp³-hybridized carbons (Fsp3) is 0.462. The number of oxime groups is 1. The number of nitrogens with one attached hydrogen (secondary N) is 2. The van der Waals surface area contributed by atoms with Gasteiger partial charge in [-0.05, 0) is 32.0 Å². The molecule has 2 aromatic heterocycles. The highest BCUT2D eigenvalue weighted by atomic mass is 32.3. The zero-order chi connectivity index (χ0) is 33.4. The third-order valence-electron chi connectivity index (χ3n) is 7.69. The van der Waals surface area contributed by atoms with Crippen LogP contribution < -0.4 is 25.8 Å². The molecule has 2 aliphatic rings. The molecule has 2 fully saturated rings. The third-order valence-corrected chi connectivity index (χ3v) is 8.70. The summed E-state index contributed by atoms with van der Waals surface area (Å²) in [5.41, 5.74) is 4.61. The number of carboxylic acid groups (broad SMARTS) is 1. The summed E-state index contributed by atoms with van der Waals surface area (Å²) in [4.78, 5) is 47.0. The summed E-state index contributed by atoms with van der Waals surface area (Å²) in [6, 6.07) is 4.36. The van der Waals surface area contributed by atoms with Crippen molar-refractivity contribution >= 4 is 61.3 Å². The summed E-state index contributed by atoms with van der Waals surface area (Å²) in [5.74, 6) is -3.10. The summed E-state index contributed by atoms with van der Waals surface area (Å²) in [5, 5.41) is 21.9. The molecular weight excluding hydrogens is 648 g/mol. The number of aryl methyl sites for hydroxylation is 1. The molecule has 2 atom stereocenters. The molecule has 5 N–H and O–H groups in total. The molecule has 46 heavy (non-hydrogen) atoms. The Kier molecular flexibility index (Phi) is 9.18. The van der Waals surface area contributed by atoms with Crippen LogP contribution in [0.3, 0.4) is 0 Å². The van der Waals surface area contributed by atoms with Gasteiger partial charge in [-0.15, -0.1) is 16.0 Å². The monoisotopic (exact) mass is 680 g/mol. The normalized spacial score (nSPS) is 19.5. The number of fused-ring (bicyclic) bond motifs is 1. The number of aliphatic carboxylic acids is 1. The third kappa shape index (κ3) is 6.89. The summed E-state index contributed by atoms with van der Waals surface area (Å²) in [6.45, 7) is 4.08. The number of amides is 2. The minimum atomic E-state index is -5.26. The SMILES string of the molecule is Cn1c2ccc(OC[C@H](O/N=C(\C(=O)N[C@@H]3C(=O)N(OS(=O)(=O)[O-])C3(C)C)c3csc(N)n3)C(=O)O)cc2c[n+]1C1CCNCC1. The molecular formula is C26H32N8O10S2. The Labute approximate surface area is 266 Å². The van der Waals surface area contributed by atoms with E-state index in [9.17, 15) is 32.5 Å². The quantitative estimate of drug-likeness (QED) is 0.0457. The predicted molar refractivity (Wildman–Crippen MR) is 159 cm³/mol. The van der Waals surface area contributed by atoms with Crippen LogP contribution in [-0.4, -0.2) is 93.7 Å². The fourth-order valence-corrected chi connectivity index (χ4v) is 6.24. The molecule has 2 amide bonds. The van der Waals surface area contributed by atoms with Gasteiger partial charge in [0, 0.05) is 31.3 Å². The van der Waals surface area contributed by atoms with Crippen molar-refractivity contribution in [2.75, 3.05) is 25.4 Å². The van der Waals surface area contributed by atoms with Gasteiger partial charge in [0.1, 0.15) is 29.6 Å². The molecule has 0 spiro atoms. The van der Waals surface area contributed by atoms with Crippen LogP contribution in [0, 0.1) is 0 Å². The number of piperidine rings is 1. The maximum atomic E-state index is 13.2. The van der Waals surface area contributed by atoms with Gasteiger partial charge >= 0.3 is 5.97 Å². The molecule has 0 radical (unpaired) electrons. The van der Waals surface area contributed by atoms with Crippen molar-refractivity contribution in [3.8, 4) is 5.75 Å². The molecule has 1 aromatic carbocycles. The van der Waals surface area contributed by atoms with Crippen molar-refractivity contribution in [3.63, 3.8) is 0 Å². The maximum absolute atomic E-state index is 13.2. The van der Waals surface area contributed by atoms with Crippen LogP contribution in [0.1, 0.15) is 38.4 Å². The number of nitrogen functional groups attached to an aromatic ring is 1. The average Bonchev–Trinajstić information content (AvgIpc) is 3.58. The average molecular weight is 681 g/mol. The van der Waals surface area contributed by atoms with Crippen molar-refractivity contribution in [1.29, 1.82) is 0 Å². The minimum absolute atomic E-state index is 0.0617. The molecule has 0 aliphatic carbocycles. The number of hydrogen-bond donors (Lipinski definition) is 4. The second-order valence-corrected chi connectivity index (χ2v) is 13.0. The van der Waals surface area contributed by atoms with E-state index in [1.807, 2.05) is 19.3 Å². The Bertz CT molecular complexity index is 1800. The van der Waals surface area contributed by atoms with Crippen LogP contribution in [-0.2, 0) is 41.0 Å². The number of carboxylic acids is 1. The minimum Gasteiger partial charge on any atom is -0.724 e. The van der Waals surface area contributed by atoms with Crippen molar-refractivity contribution in [2.24, 2.45) is 12.2 Å². The van der Waals surface area contributed by atoms with Gasteiger partial charge in [-0.25, -0.2) is 18.2 Å². The Hall–Kier alpha value is -4.37. The number of rotatable bonds is 12. The molecule has 3 aromatic rings. The smallest absolute Gasteiger partial charge is 0.351 e. The van der Waals surface area contributed by atoms with Crippen LogP contribution in [0.15, 0.2) is 34.9 Å². The van der Waals surface area contributed by atoms with E-state index in [1.165, 1.54) is 19.2 Å². The van der Waals surface area contributed by atoms with E-state index < -0.39 is 58.2 Å². The van der Waals surface area contributed by atoms with Crippen LogP contribution in [0.4, 0.5) is 5.13 Å². The van der Waals surface area contributed by atoms with E-state index in [2.05, 4.69) is 34.4 Å². The first-order valence-electron chi connectivity index (χ1n) is 14.0. The highest BCUT2D eigenvalue weighted by Gasteiger charge is 2.57. The Balaban J connectivity index is 1.30. The number of aromatic nitrogens is 3. The first-order valence-corrected chi connectivity index (χ1v) is 16.2. The molecule has 2 saturated heterocycles. The molecule has 0 saturated carbocycles. The number of carbonyl (C=O) groups excluding carboxylic acids is 2. The van der Waals surface area contributed by atoms with Crippen molar-refractivity contribution < 1.29 is 51.0 Å². The Morgan fingerprint density at radius 3 is 2.67 bits per heavy atom. The first-order chi connectivity index (χ1) is 21.7. The number of benzene rings is 1. The zero-order valence-corrected chi connectivity index (χ0v) is 26.5. The van der Waals surface area contributed by atoms with E-state index in [0.29, 0.717) is 16.9 Å². The number of ether oxygens (including phenoxy) is 1. The number of hydrogen-bond acceptors (Lipinski definition) is 14. The Morgan fingerprint density at radius 2 is 2.07 bits per heavy atom. The van der Waals surface area contributed by atoms with Crippen LogP contribution in [0.5, 0.6) is 5.75 Å². The van der Waals surface area contributed by atoms with Crippen molar-refractivity contribution in [3.05, 3.63) is 35.5 Å². The lowest BCUT2D eigenvalue weighted by Gasteiger charge is -2.51. The predicted octanol–water partition coefficient (Wildman–Crippen LogP) is -0.821. The summed E-state index contributed by atoms with van der Waals surface area (Å²) < 4.78 is 47.2. The zero-order valence-electron chi connectivity index (χ0n) is 24.9. The lowest BCUT2D eigenvalue weighted by Crippen LogP contribution is -2.76. The van der Waals surface area contributed by atoms with Crippen molar-refractivity contribution in [2.45, 2.75) is 50.4 Å². The number of hydroxylamine groups is 2. The van der Waals surface area contributed by atoms with E-state index >= 15 is 0 Å². The van der Waals surface area contributed by atoms with Gasteiger partial charge in [-0.2, -0.15) is 14.0 Å². The molecule has 5 rings (SSSR count). The van der Waals surface area contributed by atoms with E-state index in [1.54, 1.807) is 12.1 Å². The van der Waals surface area contributed by atoms with Crippen LogP contribution in [0.25, 0.3) is 10.9 Å². The van der Waals surface area contributed by atoms with Gasteiger partial charge in [0.2, 0.25) is 16.6 Å². The Morgan fingerprint density at radius 1 is 1.35 bits per heavy atom. The molecule has 2 aliphatic heterocycles. The van der Waals surface area contributed by atoms with Crippen LogP contribution >= 0.6 is 11.3 Å². The van der Waals surface area contributed by atoms with Gasteiger partial charge in [0.15, 0.2) is 16.9 Å². The largest absolute Gasteiger partial charge is 0.724 e.